The lowest BCUT2D eigenvalue weighted by molar-refractivity contribution is -0.138. The Kier molecular flexibility index (Phi) is 5.21. The Bertz CT molecular complexity index is 704. The molecule has 2 rings (SSSR count). The van der Waals surface area contributed by atoms with Crippen molar-refractivity contribution >= 4 is 22.6 Å². The van der Waals surface area contributed by atoms with Gasteiger partial charge in [0.2, 0.25) is 0 Å². The number of hydrogen-bond donors (Lipinski definition) is 2. The minimum absolute atomic E-state index is 0.0114. The number of amides is 1. The summed E-state index contributed by atoms with van der Waals surface area (Å²) in [5, 5.41) is 13.5. The molecule has 0 aromatic heterocycles. The Morgan fingerprint density at radius 2 is 1.83 bits per heavy atom. The maximum atomic E-state index is 12.0. The van der Waals surface area contributed by atoms with Crippen molar-refractivity contribution in [2.75, 3.05) is 6.61 Å². The van der Waals surface area contributed by atoms with Crippen molar-refractivity contribution in [2.45, 2.75) is 32.2 Å². The maximum Gasteiger partial charge on any atom is 0.303 e. The highest BCUT2D eigenvalue weighted by Gasteiger charge is 2.21. The van der Waals surface area contributed by atoms with E-state index in [1.807, 2.05) is 42.5 Å². The molecule has 23 heavy (non-hydrogen) atoms. The quantitative estimate of drug-likeness (QED) is 0.823. The molecule has 2 N–H and O–H groups in total. The third-order valence-electron chi connectivity index (χ3n) is 3.55. The highest BCUT2D eigenvalue weighted by atomic mass is 16.5. The number of aliphatic carboxylic acids is 1. The first-order valence-electron chi connectivity index (χ1n) is 7.51. The summed E-state index contributed by atoms with van der Waals surface area (Å²) >= 11 is 0. The first-order chi connectivity index (χ1) is 10.9. The molecule has 0 atom stereocenters. The Hall–Kier alpha value is -2.56. The molecule has 122 valence electrons. The topological polar surface area (TPSA) is 75.6 Å². The summed E-state index contributed by atoms with van der Waals surface area (Å²) in [5.74, 6) is -0.491. The van der Waals surface area contributed by atoms with E-state index in [-0.39, 0.29) is 18.9 Å². The van der Waals surface area contributed by atoms with Crippen LogP contribution in [0.15, 0.2) is 42.5 Å². The monoisotopic (exact) mass is 315 g/mol. The lowest BCUT2D eigenvalue weighted by Gasteiger charge is -2.25. The number of carboxylic acids is 1. The first kappa shape index (κ1) is 16.8. The summed E-state index contributed by atoms with van der Waals surface area (Å²) in [6.07, 6.45) is 0.375. The molecular weight excluding hydrogens is 294 g/mol. The van der Waals surface area contributed by atoms with Gasteiger partial charge >= 0.3 is 5.97 Å². The van der Waals surface area contributed by atoms with E-state index in [2.05, 4.69) is 5.32 Å². The number of carboxylic acid groups (broad SMARTS) is 1. The number of carbonyl (C=O) groups is 2. The van der Waals surface area contributed by atoms with E-state index in [1.54, 1.807) is 13.8 Å². The van der Waals surface area contributed by atoms with Crippen LogP contribution in [-0.2, 0) is 9.59 Å². The number of hydrogen-bond acceptors (Lipinski definition) is 3. The van der Waals surface area contributed by atoms with Crippen molar-refractivity contribution < 1.29 is 19.4 Å². The maximum absolute atomic E-state index is 12.0. The van der Waals surface area contributed by atoms with Crippen molar-refractivity contribution in [2.24, 2.45) is 0 Å². The molecule has 0 saturated carbocycles. The summed E-state index contributed by atoms with van der Waals surface area (Å²) in [6.45, 7) is 3.49. The molecule has 5 nitrogen and oxygen atoms in total. The number of benzene rings is 2. The van der Waals surface area contributed by atoms with Gasteiger partial charge < -0.3 is 15.2 Å². The molecule has 2 aromatic carbocycles. The number of carbonyl (C=O) groups excluding carboxylic acids is 1. The highest BCUT2D eigenvalue weighted by molar-refractivity contribution is 5.88. The second-order valence-electron chi connectivity index (χ2n) is 6.09. The fourth-order valence-corrected chi connectivity index (χ4v) is 2.36. The van der Waals surface area contributed by atoms with Crippen molar-refractivity contribution in [3.05, 3.63) is 42.5 Å². The predicted octanol–water partition coefficient (Wildman–Crippen LogP) is 2.98. The average molecular weight is 315 g/mol. The fraction of sp³-hybridized carbons (Fsp3) is 0.333. The van der Waals surface area contributed by atoms with Gasteiger partial charge in [-0.3, -0.25) is 9.59 Å². The predicted molar refractivity (Wildman–Crippen MR) is 88.5 cm³/mol. The number of nitrogens with one attached hydrogen (secondary N) is 1. The van der Waals surface area contributed by atoms with Crippen LogP contribution < -0.4 is 10.1 Å². The van der Waals surface area contributed by atoms with Gasteiger partial charge in [-0.05, 0) is 31.7 Å². The molecule has 0 radical (unpaired) electrons. The summed E-state index contributed by atoms with van der Waals surface area (Å²) in [5.41, 5.74) is -0.586. The van der Waals surface area contributed by atoms with E-state index in [1.165, 1.54) is 0 Å². The Labute approximate surface area is 135 Å². The lowest BCUT2D eigenvalue weighted by Crippen LogP contribution is -2.45. The smallest absolute Gasteiger partial charge is 0.303 e. The average Bonchev–Trinajstić information content (AvgIpc) is 2.50. The van der Waals surface area contributed by atoms with Gasteiger partial charge in [-0.2, -0.15) is 0 Å². The Morgan fingerprint density at radius 3 is 2.57 bits per heavy atom. The molecule has 0 spiro atoms. The van der Waals surface area contributed by atoms with E-state index >= 15 is 0 Å². The van der Waals surface area contributed by atoms with Gasteiger partial charge in [-0.15, -0.1) is 0 Å². The second kappa shape index (κ2) is 7.13. The van der Waals surface area contributed by atoms with E-state index in [0.29, 0.717) is 12.2 Å². The van der Waals surface area contributed by atoms with Gasteiger partial charge in [0.1, 0.15) is 5.75 Å². The fourth-order valence-electron chi connectivity index (χ4n) is 2.36. The van der Waals surface area contributed by atoms with Crippen LogP contribution in [0.1, 0.15) is 26.7 Å². The molecule has 0 heterocycles. The zero-order valence-electron chi connectivity index (χ0n) is 13.3. The van der Waals surface area contributed by atoms with Gasteiger partial charge in [0.25, 0.3) is 5.91 Å². The summed E-state index contributed by atoms with van der Waals surface area (Å²) in [7, 11) is 0. The summed E-state index contributed by atoms with van der Waals surface area (Å²) < 4.78 is 5.62. The van der Waals surface area contributed by atoms with Crippen molar-refractivity contribution in [1.29, 1.82) is 0 Å². The number of fused-ring (bicyclic) bond motifs is 1. The lowest BCUT2D eigenvalue weighted by atomic mass is 9.98. The van der Waals surface area contributed by atoms with Crippen molar-refractivity contribution in [1.82, 2.24) is 5.32 Å². The zero-order chi connectivity index (χ0) is 16.9. The summed E-state index contributed by atoms with van der Waals surface area (Å²) in [4.78, 5) is 22.7. The van der Waals surface area contributed by atoms with Gasteiger partial charge in [-0.1, -0.05) is 36.4 Å². The van der Waals surface area contributed by atoms with Gasteiger partial charge in [0.05, 0.1) is 0 Å². The van der Waals surface area contributed by atoms with Gasteiger partial charge in [0.15, 0.2) is 6.61 Å². The molecule has 0 fully saturated rings. The molecule has 1 amide bonds. The van der Waals surface area contributed by atoms with Crippen LogP contribution in [-0.4, -0.2) is 29.1 Å². The molecule has 5 heteroatoms. The first-order valence-corrected chi connectivity index (χ1v) is 7.51. The van der Waals surface area contributed by atoms with Crippen molar-refractivity contribution in [3.8, 4) is 5.75 Å². The SMILES string of the molecule is CC(C)(CCC(=O)O)NC(=O)COc1cccc2ccccc12. The Balaban J connectivity index is 1.94. The molecule has 0 bridgehead atoms. The molecule has 2 aromatic rings. The van der Waals surface area contributed by atoms with E-state index in [0.717, 1.165) is 10.8 Å². The Morgan fingerprint density at radius 1 is 1.13 bits per heavy atom. The standard InChI is InChI=1S/C18H21NO4/c1-18(2,11-10-17(21)22)19-16(20)12-23-15-9-5-7-13-6-3-4-8-14(13)15/h3-9H,10-12H2,1-2H3,(H,19,20)(H,21,22). The minimum atomic E-state index is -0.876. The van der Waals surface area contributed by atoms with E-state index in [9.17, 15) is 9.59 Å². The van der Waals surface area contributed by atoms with Crippen LogP contribution in [0.2, 0.25) is 0 Å². The third-order valence-corrected chi connectivity index (χ3v) is 3.55. The molecule has 0 aliphatic rings. The van der Waals surface area contributed by atoms with E-state index in [4.69, 9.17) is 9.84 Å². The molecule has 0 saturated heterocycles. The minimum Gasteiger partial charge on any atom is -0.483 e. The zero-order valence-corrected chi connectivity index (χ0v) is 13.3. The summed E-state index contributed by atoms with van der Waals surface area (Å²) in [6, 6.07) is 13.5. The number of ether oxygens (including phenoxy) is 1. The van der Waals surface area contributed by atoms with E-state index < -0.39 is 11.5 Å². The second-order valence-corrected chi connectivity index (χ2v) is 6.09. The highest BCUT2D eigenvalue weighted by Crippen LogP contribution is 2.25. The largest absolute Gasteiger partial charge is 0.483 e. The molecule has 0 aliphatic carbocycles. The van der Waals surface area contributed by atoms with Gasteiger partial charge in [-0.25, -0.2) is 0 Å². The number of rotatable bonds is 7. The third kappa shape index (κ3) is 4.98. The van der Waals surface area contributed by atoms with Crippen LogP contribution in [0.4, 0.5) is 0 Å². The van der Waals surface area contributed by atoms with Crippen LogP contribution >= 0.6 is 0 Å². The van der Waals surface area contributed by atoms with Crippen molar-refractivity contribution in [3.63, 3.8) is 0 Å². The van der Waals surface area contributed by atoms with Crippen LogP contribution in [0.5, 0.6) is 5.75 Å². The van der Waals surface area contributed by atoms with Crippen LogP contribution in [0, 0.1) is 0 Å². The van der Waals surface area contributed by atoms with Crippen LogP contribution in [0.3, 0.4) is 0 Å². The van der Waals surface area contributed by atoms with Gasteiger partial charge in [0, 0.05) is 17.3 Å². The molecular formula is C18H21NO4. The normalized spacial score (nSPS) is 11.2. The molecule has 0 aliphatic heterocycles. The molecule has 0 unspecified atom stereocenters. The van der Waals surface area contributed by atoms with Crippen LogP contribution in [0.25, 0.3) is 10.8 Å².